The maximum absolute atomic E-state index is 11.5. The van der Waals surface area contributed by atoms with Crippen LogP contribution in [0.1, 0.15) is 110 Å². The largest absolute Gasteiger partial charge is 0.328 e. The zero-order valence-corrected chi connectivity index (χ0v) is 15.8. The molecule has 0 saturated heterocycles. The van der Waals surface area contributed by atoms with Gasteiger partial charge < -0.3 is 5.73 Å². The summed E-state index contributed by atoms with van der Waals surface area (Å²) in [5, 5.41) is 0. The molecule has 136 valence electrons. The van der Waals surface area contributed by atoms with Gasteiger partial charge in [-0.25, -0.2) is 0 Å². The summed E-state index contributed by atoms with van der Waals surface area (Å²) in [6.07, 6.45) is 22.9. The summed E-state index contributed by atoms with van der Waals surface area (Å²) in [5.41, 5.74) is 5.62. The van der Waals surface area contributed by atoms with Crippen molar-refractivity contribution in [1.29, 1.82) is 0 Å². The Morgan fingerprint density at radius 3 is 1.83 bits per heavy atom. The minimum atomic E-state index is 0.0191. The van der Waals surface area contributed by atoms with E-state index < -0.39 is 0 Å². The van der Waals surface area contributed by atoms with E-state index >= 15 is 0 Å². The Kier molecular flexibility index (Phi) is 17.2. The van der Waals surface area contributed by atoms with Crippen LogP contribution >= 0.6 is 0 Å². The van der Waals surface area contributed by atoms with Crippen LogP contribution < -0.4 is 5.73 Å². The maximum atomic E-state index is 11.5. The van der Waals surface area contributed by atoms with E-state index in [1.807, 2.05) is 6.92 Å². The molecule has 0 spiro atoms. The van der Waals surface area contributed by atoms with Crippen LogP contribution in [0.4, 0.5) is 0 Å². The molecule has 0 aliphatic rings. The van der Waals surface area contributed by atoms with Crippen LogP contribution in [0.2, 0.25) is 0 Å². The highest BCUT2D eigenvalue weighted by atomic mass is 16.1. The Morgan fingerprint density at radius 2 is 1.30 bits per heavy atom. The van der Waals surface area contributed by atoms with Crippen molar-refractivity contribution in [1.82, 2.24) is 0 Å². The summed E-state index contributed by atoms with van der Waals surface area (Å²) >= 11 is 0. The van der Waals surface area contributed by atoms with Gasteiger partial charge >= 0.3 is 0 Å². The molecule has 1 unspecified atom stereocenters. The van der Waals surface area contributed by atoms with Gasteiger partial charge in [-0.05, 0) is 39.0 Å². The van der Waals surface area contributed by atoms with Crippen molar-refractivity contribution in [2.45, 2.75) is 116 Å². The van der Waals surface area contributed by atoms with E-state index in [0.29, 0.717) is 12.2 Å². The van der Waals surface area contributed by atoms with Crippen molar-refractivity contribution in [2.75, 3.05) is 0 Å². The number of carbonyl (C=O) groups is 1. The third kappa shape index (κ3) is 19.3. The molecule has 2 nitrogen and oxygen atoms in total. The van der Waals surface area contributed by atoms with E-state index in [1.54, 1.807) is 0 Å². The maximum Gasteiger partial charge on any atom is 0.134 e. The number of rotatable bonds is 17. The minimum Gasteiger partial charge on any atom is -0.328 e. The molecule has 0 aromatic rings. The topological polar surface area (TPSA) is 43.1 Å². The fourth-order valence-corrected chi connectivity index (χ4v) is 2.85. The number of nitrogens with two attached hydrogens (primary N) is 1. The summed E-state index contributed by atoms with van der Waals surface area (Å²) in [6.45, 7) is 4.17. The first-order valence-electron chi connectivity index (χ1n) is 10.1. The summed E-state index contributed by atoms with van der Waals surface area (Å²) in [5.74, 6) is 0.331. The predicted molar refractivity (Wildman–Crippen MR) is 103 cm³/mol. The lowest BCUT2D eigenvalue weighted by Gasteiger charge is -2.04. The zero-order valence-electron chi connectivity index (χ0n) is 15.8. The average molecular weight is 324 g/mol. The smallest absolute Gasteiger partial charge is 0.134 e. The molecule has 23 heavy (non-hydrogen) atoms. The molecule has 0 aromatic heterocycles. The third-order valence-electron chi connectivity index (χ3n) is 4.27. The van der Waals surface area contributed by atoms with Crippen LogP contribution in [0.15, 0.2) is 12.2 Å². The van der Waals surface area contributed by atoms with Crippen LogP contribution in [-0.4, -0.2) is 11.8 Å². The summed E-state index contributed by atoms with van der Waals surface area (Å²) in [7, 11) is 0. The normalized spacial score (nSPS) is 12.8. The number of Topliss-reactive ketones (excluding diaryl/α,β-unsaturated/α-hetero) is 1. The number of unbranched alkanes of at least 4 members (excludes halogenated alkanes) is 11. The van der Waals surface area contributed by atoms with Gasteiger partial charge in [-0.2, -0.15) is 0 Å². The molecular weight excluding hydrogens is 282 g/mol. The van der Waals surface area contributed by atoms with E-state index in [9.17, 15) is 4.79 Å². The van der Waals surface area contributed by atoms with Crippen LogP contribution in [0.3, 0.4) is 0 Å². The second kappa shape index (κ2) is 17.7. The SMILES string of the molecule is CCCCCCCCC=CCCCCCCCC(=O)CC(C)N. The minimum absolute atomic E-state index is 0.0191. The Morgan fingerprint density at radius 1 is 0.826 bits per heavy atom. The van der Waals surface area contributed by atoms with Crippen molar-refractivity contribution in [2.24, 2.45) is 5.73 Å². The molecule has 0 amide bonds. The number of hydrogen-bond acceptors (Lipinski definition) is 2. The Labute approximate surface area is 145 Å². The van der Waals surface area contributed by atoms with E-state index in [1.165, 1.54) is 77.0 Å². The molecular formula is C21H41NO. The van der Waals surface area contributed by atoms with Gasteiger partial charge in [0, 0.05) is 18.9 Å². The number of carbonyl (C=O) groups excluding carboxylic acids is 1. The fraction of sp³-hybridized carbons (Fsp3) is 0.857. The molecule has 2 N–H and O–H groups in total. The Balaban J connectivity index is 3.18. The molecule has 0 rings (SSSR count). The highest BCUT2D eigenvalue weighted by Crippen LogP contribution is 2.10. The first-order chi connectivity index (χ1) is 11.2. The van der Waals surface area contributed by atoms with Crippen LogP contribution in [0.25, 0.3) is 0 Å². The number of allylic oxidation sites excluding steroid dienone is 2. The van der Waals surface area contributed by atoms with Crippen molar-refractivity contribution < 1.29 is 4.79 Å². The van der Waals surface area contributed by atoms with Crippen molar-refractivity contribution in [3.8, 4) is 0 Å². The lowest BCUT2D eigenvalue weighted by atomic mass is 10.0. The van der Waals surface area contributed by atoms with Gasteiger partial charge in [0.05, 0.1) is 0 Å². The fourth-order valence-electron chi connectivity index (χ4n) is 2.85. The van der Waals surface area contributed by atoms with Gasteiger partial charge in [0.2, 0.25) is 0 Å². The van der Waals surface area contributed by atoms with Crippen LogP contribution in [0.5, 0.6) is 0 Å². The second-order valence-corrected chi connectivity index (χ2v) is 7.05. The Bertz CT molecular complexity index is 284. The molecule has 0 saturated carbocycles. The molecule has 0 radical (unpaired) electrons. The summed E-state index contributed by atoms with van der Waals surface area (Å²) < 4.78 is 0. The van der Waals surface area contributed by atoms with Crippen molar-refractivity contribution in [3.05, 3.63) is 12.2 Å². The Hall–Kier alpha value is -0.630. The number of hydrogen-bond donors (Lipinski definition) is 1. The monoisotopic (exact) mass is 323 g/mol. The molecule has 1 atom stereocenters. The molecule has 0 heterocycles. The van der Waals surface area contributed by atoms with Crippen molar-refractivity contribution in [3.63, 3.8) is 0 Å². The van der Waals surface area contributed by atoms with Gasteiger partial charge in [0.25, 0.3) is 0 Å². The zero-order chi connectivity index (χ0) is 17.2. The van der Waals surface area contributed by atoms with Crippen molar-refractivity contribution >= 4 is 5.78 Å². The first kappa shape index (κ1) is 22.4. The van der Waals surface area contributed by atoms with Gasteiger partial charge in [0.1, 0.15) is 5.78 Å². The van der Waals surface area contributed by atoms with Crippen LogP contribution in [-0.2, 0) is 4.79 Å². The predicted octanol–water partition coefficient (Wildman–Crippen LogP) is 6.33. The van der Waals surface area contributed by atoms with Gasteiger partial charge in [-0.15, -0.1) is 0 Å². The van der Waals surface area contributed by atoms with Crippen LogP contribution in [0, 0.1) is 0 Å². The first-order valence-corrected chi connectivity index (χ1v) is 10.1. The highest BCUT2D eigenvalue weighted by molar-refractivity contribution is 5.78. The quantitative estimate of drug-likeness (QED) is 0.251. The molecule has 0 fully saturated rings. The van der Waals surface area contributed by atoms with Gasteiger partial charge in [-0.1, -0.05) is 70.4 Å². The molecule has 0 aliphatic heterocycles. The standard InChI is InChI=1S/C21H41NO/c1-3-4-5-6-7-8-9-10-11-12-13-14-15-16-17-18-21(23)19-20(2)22/h10-11,20H,3-9,12-19,22H2,1-2H3. The average Bonchev–Trinajstić information content (AvgIpc) is 2.50. The molecule has 0 aliphatic carbocycles. The highest BCUT2D eigenvalue weighted by Gasteiger charge is 2.04. The van der Waals surface area contributed by atoms with E-state index in [4.69, 9.17) is 5.73 Å². The molecule has 0 bridgehead atoms. The third-order valence-corrected chi connectivity index (χ3v) is 4.27. The second-order valence-electron chi connectivity index (χ2n) is 7.05. The molecule has 0 aromatic carbocycles. The van der Waals surface area contributed by atoms with E-state index in [0.717, 1.165) is 12.8 Å². The lowest BCUT2D eigenvalue weighted by molar-refractivity contribution is -0.119. The van der Waals surface area contributed by atoms with Gasteiger partial charge in [0.15, 0.2) is 0 Å². The lowest BCUT2D eigenvalue weighted by Crippen LogP contribution is -2.19. The van der Waals surface area contributed by atoms with Gasteiger partial charge in [-0.3, -0.25) is 4.79 Å². The summed E-state index contributed by atoms with van der Waals surface area (Å²) in [6, 6.07) is 0.0191. The van der Waals surface area contributed by atoms with E-state index in [-0.39, 0.29) is 6.04 Å². The molecule has 2 heteroatoms. The van der Waals surface area contributed by atoms with E-state index in [2.05, 4.69) is 19.1 Å². The number of ketones is 1. The summed E-state index contributed by atoms with van der Waals surface area (Å²) in [4.78, 5) is 11.5.